The van der Waals surface area contributed by atoms with Crippen LogP contribution in [0.25, 0.3) is 10.9 Å². The van der Waals surface area contributed by atoms with E-state index in [0.717, 1.165) is 22.2 Å². The molecule has 3 nitrogen and oxygen atoms in total. The molecule has 0 N–H and O–H groups in total. The molecule has 0 bridgehead atoms. The molecule has 0 aliphatic carbocycles. The molecule has 1 heterocycles. The fourth-order valence-corrected chi connectivity index (χ4v) is 1.95. The van der Waals surface area contributed by atoms with Crippen molar-refractivity contribution in [2.75, 3.05) is 7.11 Å². The normalized spacial score (nSPS) is 10.7. The van der Waals surface area contributed by atoms with E-state index in [2.05, 4.69) is 9.97 Å². The van der Waals surface area contributed by atoms with Crippen LogP contribution in [-0.4, -0.2) is 17.1 Å². The van der Waals surface area contributed by atoms with Gasteiger partial charge >= 0.3 is 0 Å². The fraction of sp³-hybridized carbons (Fsp3) is 0.273. The van der Waals surface area contributed by atoms with Gasteiger partial charge in [-0.05, 0) is 25.5 Å². The van der Waals surface area contributed by atoms with Crippen molar-refractivity contribution in [3.05, 3.63) is 28.7 Å². The Labute approximate surface area is 93.1 Å². The van der Waals surface area contributed by atoms with E-state index < -0.39 is 0 Å². The third-order valence-electron chi connectivity index (χ3n) is 2.31. The lowest BCUT2D eigenvalue weighted by molar-refractivity contribution is 0.418. The van der Waals surface area contributed by atoms with Crippen molar-refractivity contribution in [3.8, 4) is 5.75 Å². The number of aryl methyl sites for hydroxylation is 2. The summed E-state index contributed by atoms with van der Waals surface area (Å²) < 4.78 is 5.24. The van der Waals surface area contributed by atoms with Gasteiger partial charge in [-0.3, -0.25) is 0 Å². The van der Waals surface area contributed by atoms with Crippen LogP contribution < -0.4 is 4.74 Å². The second kappa shape index (κ2) is 3.66. The molecular weight excluding hydrogens is 212 g/mol. The number of halogens is 1. The fourth-order valence-electron chi connectivity index (χ4n) is 1.59. The van der Waals surface area contributed by atoms with Crippen LogP contribution in [0.2, 0.25) is 5.15 Å². The van der Waals surface area contributed by atoms with Crippen LogP contribution in [0.15, 0.2) is 12.1 Å². The van der Waals surface area contributed by atoms with Gasteiger partial charge in [-0.25, -0.2) is 9.97 Å². The van der Waals surface area contributed by atoms with E-state index >= 15 is 0 Å². The Morgan fingerprint density at radius 1 is 1.20 bits per heavy atom. The minimum Gasteiger partial charge on any atom is -0.494 e. The van der Waals surface area contributed by atoms with Crippen LogP contribution in [0.4, 0.5) is 0 Å². The summed E-state index contributed by atoms with van der Waals surface area (Å²) in [5, 5.41) is 1.34. The number of aromatic nitrogens is 2. The Balaban J connectivity index is 2.93. The van der Waals surface area contributed by atoms with E-state index in [9.17, 15) is 0 Å². The standard InChI is InChI=1S/C11H11ClN2O/c1-6-4-5-8(15-3)10-9(6)11(12)14-7(2)13-10/h4-5H,1-3H3. The first-order chi connectivity index (χ1) is 7.13. The maximum absolute atomic E-state index is 6.09. The van der Waals surface area contributed by atoms with Gasteiger partial charge < -0.3 is 4.74 Å². The molecule has 0 aliphatic rings. The lowest BCUT2D eigenvalue weighted by Gasteiger charge is -2.08. The molecule has 0 saturated heterocycles. The summed E-state index contributed by atoms with van der Waals surface area (Å²) >= 11 is 6.09. The zero-order valence-electron chi connectivity index (χ0n) is 8.84. The van der Waals surface area contributed by atoms with Gasteiger partial charge in [0.05, 0.1) is 7.11 Å². The number of rotatable bonds is 1. The van der Waals surface area contributed by atoms with E-state index in [1.165, 1.54) is 0 Å². The van der Waals surface area contributed by atoms with E-state index in [0.29, 0.717) is 11.0 Å². The largest absolute Gasteiger partial charge is 0.494 e. The zero-order chi connectivity index (χ0) is 11.0. The molecule has 4 heteroatoms. The molecule has 15 heavy (non-hydrogen) atoms. The maximum atomic E-state index is 6.09. The monoisotopic (exact) mass is 222 g/mol. The molecule has 0 aliphatic heterocycles. The maximum Gasteiger partial charge on any atom is 0.145 e. The van der Waals surface area contributed by atoms with Gasteiger partial charge in [-0.1, -0.05) is 17.7 Å². The Kier molecular flexibility index (Phi) is 2.49. The van der Waals surface area contributed by atoms with Crippen molar-refractivity contribution >= 4 is 22.5 Å². The number of fused-ring (bicyclic) bond motifs is 1. The minimum atomic E-state index is 0.480. The predicted molar refractivity (Wildman–Crippen MR) is 60.6 cm³/mol. The summed E-state index contributed by atoms with van der Waals surface area (Å²) in [7, 11) is 1.62. The molecule has 0 fully saturated rings. The van der Waals surface area contributed by atoms with Crippen LogP contribution in [0.5, 0.6) is 5.75 Å². The van der Waals surface area contributed by atoms with Crippen LogP contribution in [0, 0.1) is 13.8 Å². The first kappa shape index (κ1) is 10.2. The zero-order valence-corrected chi connectivity index (χ0v) is 9.59. The van der Waals surface area contributed by atoms with Crippen LogP contribution in [-0.2, 0) is 0 Å². The molecule has 0 amide bonds. The SMILES string of the molecule is COc1ccc(C)c2c(Cl)nc(C)nc12. The molecule has 0 radical (unpaired) electrons. The average Bonchev–Trinajstić information content (AvgIpc) is 2.17. The molecule has 1 aromatic carbocycles. The van der Waals surface area contributed by atoms with Gasteiger partial charge in [0.1, 0.15) is 22.2 Å². The van der Waals surface area contributed by atoms with Crippen molar-refractivity contribution < 1.29 is 4.74 Å². The molecule has 2 rings (SSSR count). The molecule has 1 aromatic heterocycles. The van der Waals surface area contributed by atoms with Gasteiger partial charge in [-0.2, -0.15) is 0 Å². The number of benzene rings is 1. The summed E-state index contributed by atoms with van der Waals surface area (Å²) in [5.74, 6) is 1.37. The number of methoxy groups -OCH3 is 1. The molecular formula is C11H11ClN2O. The van der Waals surface area contributed by atoms with E-state index in [1.54, 1.807) is 7.11 Å². The quantitative estimate of drug-likeness (QED) is 0.696. The van der Waals surface area contributed by atoms with E-state index in [1.807, 2.05) is 26.0 Å². The second-order valence-corrected chi connectivity index (χ2v) is 3.73. The first-order valence-corrected chi connectivity index (χ1v) is 4.98. The summed E-state index contributed by atoms with van der Waals surface area (Å²) in [5.41, 5.74) is 1.82. The molecule has 0 atom stereocenters. The molecule has 0 spiro atoms. The van der Waals surface area contributed by atoms with Crippen LogP contribution >= 0.6 is 11.6 Å². The molecule has 0 saturated carbocycles. The van der Waals surface area contributed by atoms with Gasteiger partial charge in [-0.15, -0.1) is 0 Å². The Morgan fingerprint density at radius 2 is 1.93 bits per heavy atom. The highest BCUT2D eigenvalue weighted by molar-refractivity contribution is 6.34. The van der Waals surface area contributed by atoms with Gasteiger partial charge in [0.2, 0.25) is 0 Å². The summed E-state index contributed by atoms with van der Waals surface area (Å²) in [6.45, 7) is 3.79. The molecule has 78 valence electrons. The third-order valence-corrected chi connectivity index (χ3v) is 2.58. The van der Waals surface area contributed by atoms with Gasteiger partial charge in [0.25, 0.3) is 0 Å². The summed E-state index contributed by atoms with van der Waals surface area (Å²) in [6, 6.07) is 3.84. The van der Waals surface area contributed by atoms with Gasteiger partial charge in [0, 0.05) is 5.39 Å². The van der Waals surface area contributed by atoms with Crippen molar-refractivity contribution in [2.24, 2.45) is 0 Å². The van der Waals surface area contributed by atoms with Crippen molar-refractivity contribution in [2.45, 2.75) is 13.8 Å². The third kappa shape index (κ3) is 1.63. The van der Waals surface area contributed by atoms with E-state index in [4.69, 9.17) is 16.3 Å². The summed E-state index contributed by atoms with van der Waals surface area (Å²) in [6.07, 6.45) is 0. The number of hydrogen-bond acceptors (Lipinski definition) is 3. The average molecular weight is 223 g/mol. The highest BCUT2D eigenvalue weighted by Crippen LogP contribution is 2.30. The number of hydrogen-bond donors (Lipinski definition) is 0. The topological polar surface area (TPSA) is 35.0 Å². The lowest BCUT2D eigenvalue weighted by Crippen LogP contribution is -1.95. The van der Waals surface area contributed by atoms with Crippen molar-refractivity contribution in [1.29, 1.82) is 0 Å². The van der Waals surface area contributed by atoms with Crippen molar-refractivity contribution in [1.82, 2.24) is 9.97 Å². The van der Waals surface area contributed by atoms with Crippen molar-refractivity contribution in [3.63, 3.8) is 0 Å². The number of nitrogens with zero attached hydrogens (tertiary/aromatic N) is 2. The molecule has 0 unspecified atom stereocenters. The lowest BCUT2D eigenvalue weighted by atomic mass is 10.1. The Bertz CT molecular complexity index is 525. The molecule has 2 aromatic rings. The van der Waals surface area contributed by atoms with Crippen LogP contribution in [0.1, 0.15) is 11.4 Å². The van der Waals surface area contributed by atoms with Crippen LogP contribution in [0.3, 0.4) is 0 Å². The minimum absolute atomic E-state index is 0.480. The summed E-state index contributed by atoms with van der Waals surface area (Å²) in [4.78, 5) is 8.48. The Morgan fingerprint density at radius 3 is 2.60 bits per heavy atom. The smallest absolute Gasteiger partial charge is 0.145 e. The highest BCUT2D eigenvalue weighted by atomic mass is 35.5. The van der Waals surface area contributed by atoms with Gasteiger partial charge in [0.15, 0.2) is 0 Å². The highest BCUT2D eigenvalue weighted by Gasteiger charge is 2.10. The Hall–Kier alpha value is -1.35. The number of ether oxygens (including phenoxy) is 1. The van der Waals surface area contributed by atoms with E-state index in [-0.39, 0.29) is 0 Å². The predicted octanol–water partition coefficient (Wildman–Crippen LogP) is 2.91. The second-order valence-electron chi connectivity index (χ2n) is 3.37. The first-order valence-electron chi connectivity index (χ1n) is 4.61.